The maximum Gasteiger partial charge on any atom is 0.306 e. The summed E-state index contributed by atoms with van der Waals surface area (Å²) in [4.78, 5) is 35.7. The molecule has 2 atom stereocenters. The van der Waals surface area contributed by atoms with Crippen LogP contribution < -0.4 is 10.6 Å². The highest BCUT2D eigenvalue weighted by molar-refractivity contribution is 6.34. The van der Waals surface area contributed by atoms with Crippen LogP contribution in [0.3, 0.4) is 0 Å². The van der Waals surface area contributed by atoms with Crippen molar-refractivity contribution in [3.63, 3.8) is 0 Å². The van der Waals surface area contributed by atoms with Gasteiger partial charge in [0.05, 0.1) is 16.5 Å². The number of aliphatic carboxylic acids is 1. The molecule has 2 rings (SSSR count). The third-order valence-corrected chi connectivity index (χ3v) is 4.86. The van der Waals surface area contributed by atoms with E-state index < -0.39 is 11.9 Å². The zero-order valence-electron chi connectivity index (χ0n) is 15.0. The van der Waals surface area contributed by atoms with Crippen LogP contribution in [0.2, 0.25) is 5.02 Å². The maximum absolute atomic E-state index is 12.4. The molecule has 1 aromatic rings. The van der Waals surface area contributed by atoms with Crippen LogP contribution >= 0.6 is 11.6 Å². The van der Waals surface area contributed by atoms with E-state index in [1.807, 2.05) is 13.8 Å². The van der Waals surface area contributed by atoms with E-state index in [4.69, 9.17) is 16.7 Å². The van der Waals surface area contributed by atoms with E-state index in [9.17, 15) is 14.4 Å². The number of halogens is 1. The maximum atomic E-state index is 12.4. The van der Waals surface area contributed by atoms with Crippen LogP contribution in [0.4, 0.5) is 5.69 Å². The van der Waals surface area contributed by atoms with Crippen molar-refractivity contribution in [2.24, 2.45) is 17.8 Å². The van der Waals surface area contributed by atoms with Crippen molar-refractivity contribution in [3.8, 4) is 0 Å². The molecule has 0 aromatic heterocycles. The van der Waals surface area contributed by atoms with E-state index in [1.165, 1.54) is 0 Å². The molecule has 1 saturated carbocycles. The lowest BCUT2D eigenvalue weighted by Gasteiger charge is -2.25. The predicted molar refractivity (Wildman–Crippen MR) is 100 cm³/mol. The molecule has 7 heteroatoms. The molecule has 1 aromatic carbocycles. The van der Waals surface area contributed by atoms with Gasteiger partial charge in [0, 0.05) is 18.2 Å². The molecule has 1 fully saturated rings. The van der Waals surface area contributed by atoms with Gasteiger partial charge in [-0.1, -0.05) is 31.9 Å². The van der Waals surface area contributed by atoms with Gasteiger partial charge in [0.2, 0.25) is 5.91 Å². The molecule has 0 bridgehead atoms. The molecular weight excluding hydrogens is 356 g/mol. The Morgan fingerprint density at radius 1 is 1.23 bits per heavy atom. The first-order valence-corrected chi connectivity index (χ1v) is 9.27. The first-order chi connectivity index (χ1) is 12.3. The number of carbonyl (C=O) groups is 3. The third-order valence-electron chi connectivity index (χ3n) is 4.55. The number of carboxylic acid groups (broad SMARTS) is 1. The van der Waals surface area contributed by atoms with Gasteiger partial charge in [-0.15, -0.1) is 0 Å². The molecule has 0 radical (unpaired) electrons. The highest BCUT2D eigenvalue weighted by atomic mass is 35.5. The van der Waals surface area contributed by atoms with Crippen LogP contribution in [0, 0.1) is 17.8 Å². The lowest BCUT2D eigenvalue weighted by Crippen LogP contribution is -2.31. The number of anilines is 1. The molecule has 3 N–H and O–H groups in total. The fourth-order valence-electron chi connectivity index (χ4n) is 3.07. The fourth-order valence-corrected chi connectivity index (χ4v) is 3.33. The molecule has 1 aliphatic rings. The van der Waals surface area contributed by atoms with Gasteiger partial charge < -0.3 is 15.7 Å². The van der Waals surface area contributed by atoms with Gasteiger partial charge in [0.15, 0.2) is 0 Å². The highest BCUT2D eigenvalue weighted by Crippen LogP contribution is 2.30. The van der Waals surface area contributed by atoms with Crippen LogP contribution in [0.15, 0.2) is 18.2 Å². The molecule has 2 unspecified atom stereocenters. The van der Waals surface area contributed by atoms with Crippen molar-refractivity contribution in [1.82, 2.24) is 5.32 Å². The van der Waals surface area contributed by atoms with Gasteiger partial charge in [-0.2, -0.15) is 0 Å². The average molecular weight is 381 g/mol. The summed E-state index contributed by atoms with van der Waals surface area (Å²) >= 11 is 6.18. The summed E-state index contributed by atoms with van der Waals surface area (Å²) in [7, 11) is 0. The Kier molecular flexibility index (Phi) is 7.03. The number of nitrogens with one attached hydrogen (secondary N) is 2. The first-order valence-electron chi connectivity index (χ1n) is 8.89. The Hall–Kier alpha value is -2.08. The number of rotatable bonds is 6. The van der Waals surface area contributed by atoms with Crippen molar-refractivity contribution >= 4 is 35.1 Å². The van der Waals surface area contributed by atoms with Crippen molar-refractivity contribution in [2.75, 3.05) is 11.9 Å². The Labute approximate surface area is 158 Å². The second kappa shape index (κ2) is 9.03. The number of carboxylic acids is 1. The van der Waals surface area contributed by atoms with Crippen molar-refractivity contribution < 1.29 is 19.5 Å². The zero-order chi connectivity index (χ0) is 19.3. The Balaban J connectivity index is 1.99. The summed E-state index contributed by atoms with van der Waals surface area (Å²) < 4.78 is 0. The molecule has 0 saturated heterocycles. The van der Waals surface area contributed by atoms with E-state index in [0.717, 1.165) is 6.42 Å². The summed E-state index contributed by atoms with van der Waals surface area (Å²) in [6.45, 7) is 4.56. The van der Waals surface area contributed by atoms with Gasteiger partial charge in [-0.3, -0.25) is 14.4 Å². The van der Waals surface area contributed by atoms with Crippen LogP contribution in [-0.2, 0) is 9.59 Å². The minimum atomic E-state index is -0.845. The quantitative estimate of drug-likeness (QED) is 0.703. The Morgan fingerprint density at radius 2 is 1.92 bits per heavy atom. The van der Waals surface area contributed by atoms with Gasteiger partial charge in [-0.05, 0) is 43.4 Å². The molecular formula is C19H25ClN2O4. The minimum Gasteiger partial charge on any atom is -0.481 e. The zero-order valence-corrected chi connectivity index (χ0v) is 15.8. The molecule has 2 amide bonds. The van der Waals surface area contributed by atoms with Gasteiger partial charge in [0.1, 0.15) is 0 Å². The van der Waals surface area contributed by atoms with Crippen molar-refractivity contribution in [3.05, 3.63) is 28.8 Å². The average Bonchev–Trinajstić information content (AvgIpc) is 2.59. The second-order valence-electron chi connectivity index (χ2n) is 7.19. The summed E-state index contributed by atoms with van der Waals surface area (Å²) in [6, 6.07) is 4.75. The summed E-state index contributed by atoms with van der Waals surface area (Å²) in [6.07, 6.45) is 2.37. The normalized spacial score (nSPS) is 19.8. The monoisotopic (exact) mass is 380 g/mol. The third kappa shape index (κ3) is 5.46. The number of amides is 2. The molecule has 0 heterocycles. The number of carbonyl (C=O) groups excluding carboxylic acids is 2. The van der Waals surface area contributed by atoms with Crippen molar-refractivity contribution in [2.45, 2.75) is 39.5 Å². The molecule has 1 aliphatic carbocycles. The van der Waals surface area contributed by atoms with Gasteiger partial charge >= 0.3 is 5.97 Å². The molecule has 6 nitrogen and oxygen atoms in total. The second-order valence-corrected chi connectivity index (χ2v) is 7.59. The van der Waals surface area contributed by atoms with Crippen LogP contribution in [0.25, 0.3) is 0 Å². The first kappa shape index (κ1) is 20.2. The standard InChI is InChI=1S/C19H25ClN2O4/c1-11(2)10-21-18(24)15-7-6-14(9-16(15)20)22-17(23)12-4-3-5-13(8-12)19(25)26/h6-7,9,11-13H,3-5,8,10H2,1-2H3,(H,21,24)(H,22,23)(H,25,26). The molecule has 0 spiro atoms. The van der Waals surface area contributed by atoms with E-state index in [2.05, 4.69) is 10.6 Å². The van der Waals surface area contributed by atoms with Crippen LogP contribution in [0.5, 0.6) is 0 Å². The predicted octanol–water partition coefficient (Wildman–Crippen LogP) is 3.56. The lowest BCUT2D eigenvalue weighted by atomic mass is 9.81. The molecule has 26 heavy (non-hydrogen) atoms. The van der Waals surface area contributed by atoms with E-state index in [0.29, 0.717) is 43.0 Å². The Morgan fingerprint density at radius 3 is 2.54 bits per heavy atom. The number of hydrogen-bond acceptors (Lipinski definition) is 3. The van der Waals surface area contributed by atoms with E-state index >= 15 is 0 Å². The van der Waals surface area contributed by atoms with Gasteiger partial charge in [0.25, 0.3) is 5.91 Å². The number of hydrogen-bond donors (Lipinski definition) is 3. The SMILES string of the molecule is CC(C)CNC(=O)c1ccc(NC(=O)C2CCCC(C(=O)O)C2)cc1Cl. The molecule has 142 valence electrons. The van der Waals surface area contributed by atoms with E-state index in [-0.39, 0.29) is 22.8 Å². The fraction of sp³-hybridized carbons (Fsp3) is 0.526. The summed E-state index contributed by atoms with van der Waals surface area (Å²) in [5.41, 5.74) is 0.854. The van der Waals surface area contributed by atoms with Crippen LogP contribution in [0.1, 0.15) is 49.9 Å². The summed E-state index contributed by atoms with van der Waals surface area (Å²) in [5.74, 6) is -1.75. The summed E-state index contributed by atoms with van der Waals surface area (Å²) in [5, 5.41) is 15.0. The van der Waals surface area contributed by atoms with Crippen LogP contribution in [-0.4, -0.2) is 29.4 Å². The number of benzene rings is 1. The topological polar surface area (TPSA) is 95.5 Å². The lowest BCUT2D eigenvalue weighted by molar-refractivity contribution is -0.143. The van der Waals surface area contributed by atoms with E-state index in [1.54, 1.807) is 18.2 Å². The Bertz CT molecular complexity index is 690. The van der Waals surface area contributed by atoms with Gasteiger partial charge in [-0.25, -0.2) is 0 Å². The largest absolute Gasteiger partial charge is 0.481 e. The molecule has 0 aliphatic heterocycles. The smallest absolute Gasteiger partial charge is 0.306 e. The minimum absolute atomic E-state index is 0.205. The highest BCUT2D eigenvalue weighted by Gasteiger charge is 2.31. The van der Waals surface area contributed by atoms with Crippen molar-refractivity contribution in [1.29, 1.82) is 0 Å².